The van der Waals surface area contributed by atoms with Crippen molar-refractivity contribution in [2.24, 2.45) is 0 Å². The third-order valence-corrected chi connectivity index (χ3v) is 4.20. The molecule has 0 aliphatic carbocycles. The maximum absolute atomic E-state index is 5.65. The first kappa shape index (κ1) is 14.2. The molecule has 0 spiro atoms. The van der Waals surface area contributed by atoms with Crippen LogP contribution in [-0.4, -0.2) is 12.0 Å². The molecule has 1 unspecified atom stereocenters. The highest BCUT2D eigenvalue weighted by Gasteiger charge is 2.14. The molecular formula is C15H20N2OS. The average molecular weight is 276 g/mol. The fraction of sp³-hybridized carbons (Fsp3) is 0.400. The molecule has 4 heteroatoms. The first-order chi connectivity index (χ1) is 9.15. The van der Waals surface area contributed by atoms with E-state index in [1.54, 1.807) is 11.8 Å². The number of hydrogen-bond acceptors (Lipinski definition) is 4. The van der Waals surface area contributed by atoms with Crippen molar-refractivity contribution in [3.05, 3.63) is 41.3 Å². The zero-order valence-electron chi connectivity index (χ0n) is 11.9. The molecule has 0 fully saturated rings. The fourth-order valence-electron chi connectivity index (χ4n) is 2.02. The van der Waals surface area contributed by atoms with Gasteiger partial charge in [0, 0.05) is 10.9 Å². The lowest BCUT2D eigenvalue weighted by molar-refractivity contribution is 0.431. The van der Waals surface area contributed by atoms with Gasteiger partial charge in [-0.05, 0) is 50.7 Å². The van der Waals surface area contributed by atoms with Crippen molar-refractivity contribution in [3.63, 3.8) is 0 Å². The van der Waals surface area contributed by atoms with E-state index in [0.717, 1.165) is 17.9 Å². The summed E-state index contributed by atoms with van der Waals surface area (Å²) in [4.78, 5) is 5.63. The molecule has 19 heavy (non-hydrogen) atoms. The van der Waals surface area contributed by atoms with Gasteiger partial charge >= 0.3 is 0 Å². The van der Waals surface area contributed by atoms with Crippen molar-refractivity contribution < 1.29 is 4.42 Å². The summed E-state index contributed by atoms with van der Waals surface area (Å²) >= 11 is 1.59. The molecule has 0 aliphatic heterocycles. The molecule has 0 bridgehead atoms. The molecule has 0 saturated heterocycles. The molecule has 3 nitrogen and oxygen atoms in total. The monoisotopic (exact) mass is 276 g/mol. The zero-order valence-corrected chi connectivity index (χ0v) is 12.7. The summed E-state index contributed by atoms with van der Waals surface area (Å²) in [5, 5.41) is 4.06. The molecule has 102 valence electrons. The molecule has 1 heterocycles. The lowest BCUT2D eigenvalue weighted by Gasteiger charge is -2.17. The maximum Gasteiger partial charge on any atom is 0.261 e. The number of nitrogens with one attached hydrogen (secondary N) is 1. The third kappa shape index (κ3) is 3.19. The van der Waals surface area contributed by atoms with Crippen molar-refractivity contribution >= 4 is 11.8 Å². The Kier molecular flexibility index (Phi) is 4.66. The van der Waals surface area contributed by atoms with Crippen LogP contribution in [0.25, 0.3) is 0 Å². The molecule has 1 aromatic heterocycles. The van der Waals surface area contributed by atoms with E-state index in [2.05, 4.69) is 41.5 Å². The van der Waals surface area contributed by atoms with Crippen LogP contribution < -0.4 is 5.32 Å². The van der Waals surface area contributed by atoms with Crippen LogP contribution in [0.3, 0.4) is 0 Å². The van der Waals surface area contributed by atoms with Crippen molar-refractivity contribution in [2.75, 3.05) is 7.05 Å². The summed E-state index contributed by atoms with van der Waals surface area (Å²) < 4.78 is 5.65. The van der Waals surface area contributed by atoms with Crippen molar-refractivity contribution in [1.29, 1.82) is 0 Å². The highest BCUT2D eigenvalue weighted by molar-refractivity contribution is 7.99. The molecule has 0 saturated carbocycles. The van der Waals surface area contributed by atoms with Crippen LogP contribution in [0.2, 0.25) is 0 Å². The third-order valence-electron chi connectivity index (χ3n) is 3.26. The SMILES string of the molecule is CCC(NC)c1ccccc1Sc1nc(C)c(C)o1. The Morgan fingerprint density at radius 2 is 2.05 bits per heavy atom. The molecule has 1 atom stereocenters. The molecule has 0 amide bonds. The molecule has 0 aliphatic rings. The van der Waals surface area contributed by atoms with Gasteiger partial charge in [0.2, 0.25) is 0 Å². The second-order valence-electron chi connectivity index (χ2n) is 4.51. The summed E-state index contributed by atoms with van der Waals surface area (Å²) in [5.74, 6) is 0.889. The van der Waals surface area contributed by atoms with E-state index in [9.17, 15) is 0 Å². The van der Waals surface area contributed by atoms with Gasteiger partial charge in [0.1, 0.15) is 5.76 Å². The van der Waals surface area contributed by atoms with Crippen molar-refractivity contribution in [1.82, 2.24) is 10.3 Å². The highest BCUT2D eigenvalue weighted by atomic mass is 32.2. The van der Waals surface area contributed by atoms with Gasteiger partial charge in [-0.1, -0.05) is 25.1 Å². The van der Waals surface area contributed by atoms with E-state index in [-0.39, 0.29) is 0 Å². The first-order valence-corrected chi connectivity index (χ1v) is 7.35. The maximum atomic E-state index is 5.65. The zero-order chi connectivity index (χ0) is 13.8. The Morgan fingerprint density at radius 3 is 2.63 bits per heavy atom. The summed E-state index contributed by atoms with van der Waals surface area (Å²) in [7, 11) is 2.00. The Hall–Kier alpha value is -1.26. The van der Waals surface area contributed by atoms with Crippen LogP contribution in [0, 0.1) is 13.8 Å². The van der Waals surface area contributed by atoms with Crippen molar-refractivity contribution in [3.8, 4) is 0 Å². The van der Waals surface area contributed by atoms with Crippen LogP contribution in [0.5, 0.6) is 0 Å². The summed E-state index contributed by atoms with van der Waals surface area (Å²) in [6.07, 6.45) is 1.05. The van der Waals surface area contributed by atoms with Crippen LogP contribution >= 0.6 is 11.8 Å². The molecule has 0 radical (unpaired) electrons. The van der Waals surface area contributed by atoms with Crippen LogP contribution in [0.4, 0.5) is 0 Å². The van der Waals surface area contributed by atoms with Gasteiger partial charge in [-0.15, -0.1) is 0 Å². The Bertz CT molecular complexity index is 527. The lowest BCUT2D eigenvalue weighted by Crippen LogP contribution is -2.15. The number of nitrogens with zero attached hydrogens (tertiary/aromatic N) is 1. The normalized spacial score (nSPS) is 12.6. The van der Waals surface area contributed by atoms with Gasteiger partial charge < -0.3 is 9.73 Å². The topological polar surface area (TPSA) is 38.1 Å². The number of aryl methyl sites for hydroxylation is 2. The first-order valence-electron chi connectivity index (χ1n) is 6.53. The predicted molar refractivity (Wildman–Crippen MR) is 78.6 cm³/mol. The molecular weight excluding hydrogens is 256 g/mol. The van der Waals surface area contributed by atoms with Crippen LogP contribution in [0.1, 0.15) is 36.4 Å². The smallest absolute Gasteiger partial charge is 0.261 e. The lowest BCUT2D eigenvalue weighted by atomic mass is 10.1. The molecule has 1 N–H and O–H groups in total. The van der Waals surface area contributed by atoms with Gasteiger partial charge in [-0.25, -0.2) is 4.98 Å². The fourth-order valence-corrected chi connectivity index (χ4v) is 3.03. The van der Waals surface area contributed by atoms with Gasteiger partial charge in [-0.3, -0.25) is 0 Å². The minimum atomic E-state index is 0.362. The second-order valence-corrected chi connectivity index (χ2v) is 5.50. The number of rotatable bonds is 5. The Morgan fingerprint density at radius 1 is 1.32 bits per heavy atom. The van der Waals surface area contributed by atoms with E-state index in [4.69, 9.17) is 4.42 Å². The van der Waals surface area contributed by atoms with Gasteiger partial charge in [0.05, 0.1) is 5.69 Å². The Balaban J connectivity index is 2.29. The molecule has 1 aromatic carbocycles. The van der Waals surface area contributed by atoms with Crippen LogP contribution in [-0.2, 0) is 0 Å². The Labute approximate surface area is 118 Å². The van der Waals surface area contributed by atoms with E-state index in [1.165, 1.54) is 10.5 Å². The van der Waals surface area contributed by atoms with Gasteiger partial charge in [0.15, 0.2) is 0 Å². The second kappa shape index (κ2) is 6.26. The van der Waals surface area contributed by atoms with Crippen LogP contribution in [0.15, 0.2) is 38.8 Å². The average Bonchev–Trinajstić information content (AvgIpc) is 2.72. The standard InChI is InChI=1S/C15H20N2OS/c1-5-13(16-4)12-8-6-7-9-14(12)19-15-17-10(2)11(3)18-15/h6-9,13,16H,5H2,1-4H3. The quantitative estimate of drug-likeness (QED) is 0.891. The number of aromatic nitrogens is 1. The highest BCUT2D eigenvalue weighted by Crippen LogP contribution is 2.34. The van der Waals surface area contributed by atoms with E-state index < -0.39 is 0 Å². The number of benzene rings is 1. The largest absolute Gasteiger partial charge is 0.436 e. The van der Waals surface area contributed by atoms with Crippen molar-refractivity contribution in [2.45, 2.75) is 43.4 Å². The predicted octanol–water partition coefficient (Wildman–Crippen LogP) is 4.11. The van der Waals surface area contributed by atoms with E-state index >= 15 is 0 Å². The van der Waals surface area contributed by atoms with E-state index in [0.29, 0.717) is 11.3 Å². The summed E-state index contributed by atoms with van der Waals surface area (Å²) in [6.45, 7) is 6.10. The van der Waals surface area contributed by atoms with Gasteiger partial charge in [0.25, 0.3) is 5.22 Å². The number of oxazole rings is 1. The molecule has 2 rings (SSSR count). The summed E-state index contributed by atoms with van der Waals surface area (Å²) in [5.41, 5.74) is 2.26. The van der Waals surface area contributed by atoms with Gasteiger partial charge in [-0.2, -0.15) is 0 Å². The van der Waals surface area contributed by atoms with E-state index in [1.807, 2.05) is 20.9 Å². The minimum Gasteiger partial charge on any atom is -0.436 e. The minimum absolute atomic E-state index is 0.362. The number of hydrogen-bond donors (Lipinski definition) is 1. The molecule has 2 aromatic rings. The summed E-state index contributed by atoms with van der Waals surface area (Å²) in [6, 6.07) is 8.77.